The topological polar surface area (TPSA) is 49.3 Å². The van der Waals surface area contributed by atoms with E-state index in [2.05, 4.69) is 35.1 Å². The molecule has 0 atom stereocenters. The molecule has 3 nitrogen and oxygen atoms in total. The van der Waals surface area contributed by atoms with Crippen LogP contribution in [-0.2, 0) is 0 Å². The molecule has 0 radical (unpaired) electrons. The second-order valence-electron chi connectivity index (χ2n) is 4.78. The molecule has 2 N–H and O–H groups in total. The Labute approximate surface area is 117 Å². The number of halogens is 1. The minimum absolute atomic E-state index is 0.307. The number of hydrogen-bond acceptors (Lipinski definition) is 2. The molecule has 0 saturated heterocycles. The third-order valence-electron chi connectivity index (χ3n) is 2.75. The molecule has 0 heterocycles. The van der Waals surface area contributed by atoms with Crippen molar-refractivity contribution in [3.05, 3.63) is 28.2 Å². The minimum Gasteiger partial charge on any atom is -0.478 e. The Morgan fingerprint density at radius 3 is 2.72 bits per heavy atom. The van der Waals surface area contributed by atoms with Crippen molar-refractivity contribution in [2.75, 3.05) is 11.9 Å². The third kappa shape index (κ3) is 4.69. The van der Waals surface area contributed by atoms with Crippen molar-refractivity contribution in [1.29, 1.82) is 0 Å². The van der Waals surface area contributed by atoms with Gasteiger partial charge in [-0.3, -0.25) is 0 Å². The molecule has 0 aliphatic heterocycles. The molecule has 0 spiro atoms. The predicted octanol–water partition coefficient (Wildman–Crippen LogP) is 4.39. The van der Waals surface area contributed by atoms with E-state index >= 15 is 0 Å². The normalized spacial score (nSPS) is 10.7. The summed E-state index contributed by atoms with van der Waals surface area (Å²) >= 11 is 3.27. The summed E-state index contributed by atoms with van der Waals surface area (Å²) in [4.78, 5) is 11.2. The molecule has 18 heavy (non-hydrogen) atoms. The van der Waals surface area contributed by atoms with E-state index in [1.54, 1.807) is 12.1 Å². The first-order chi connectivity index (χ1) is 8.52. The second kappa shape index (κ2) is 7.41. The number of carbonyl (C=O) groups is 1. The molecule has 0 aliphatic rings. The summed E-state index contributed by atoms with van der Waals surface area (Å²) < 4.78 is 0.613. The molecule has 1 rings (SSSR count). The van der Waals surface area contributed by atoms with Crippen LogP contribution in [0.4, 0.5) is 5.69 Å². The highest BCUT2D eigenvalue weighted by Crippen LogP contribution is 2.24. The molecule has 0 fully saturated rings. The lowest BCUT2D eigenvalue weighted by atomic mass is 10.1. The Bertz CT molecular complexity index is 405. The van der Waals surface area contributed by atoms with Gasteiger partial charge in [-0.15, -0.1) is 0 Å². The number of carboxylic acid groups (broad SMARTS) is 1. The van der Waals surface area contributed by atoms with E-state index in [9.17, 15) is 4.79 Å². The number of carboxylic acids is 1. The molecule has 0 aromatic heterocycles. The molecule has 0 saturated carbocycles. The van der Waals surface area contributed by atoms with Crippen molar-refractivity contribution in [3.8, 4) is 0 Å². The number of hydrogen-bond donors (Lipinski definition) is 2. The Morgan fingerprint density at radius 2 is 2.11 bits per heavy atom. The van der Waals surface area contributed by atoms with Gasteiger partial charge in [-0.05, 0) is 40.4 Å². The maximum Gasteiger partial charge on any atom is 0.338 e. The molecule has 0 aliphatic carbocycles. The van der Waals surface area contributed by atoms with Crippen molar-refractivity contribution >= 4 is 27.6 Å². The lowest BCUT2D eigenvalue weighted by Gasteiger charge is -2.11. The van der Waals surface area contributed by atoms with Gasteiger partial charge in [0.25, 0.3) is 0 Å². The first-order valence-corrected chi connectivity index (χ1v) is 7.07. The summed E-state index contributed by atoms with van der Waals surface area (Å²) in [6, 6.07) is 5.39. The molecule has 1 aromatic carbocycles. The molecule has 0 unspecified atom stereocenters. The Morgan fingerprint density at radius 1 is 1.39 bits per heavy atom. The van der Waals surface area contributed by atoms with Crippen LogP contribution in [0, 0.1) is 5.92 Å². The van der Waals surface area contributed by atoms with Crippen LogP contribution >= 0.6 is 15.9 Å². The summed E-state index contributed by atoms with van der Waals surface area (Å²) in [5.41, 5.74) is 0.989. The van der Waals surface area contributed by atoms with E-state index in [0.717, 1.165) is 18.9 Å². The standard InChI is InChI=1S/C14H20BrNO2/c1-10(2)6-3-4-9-16-12-8-5-7-11(15)13(12)14(17)18/h5,7-8,10,16H,3-4,6,9H2,1-2H3,(H,17,18). The van der Waals surface area contributed by atoms with Gasteiger partial charge in [-0.2, -0.15) is 0 Å². The Balaban J connectivity index is 2.52. The van der Waals surface area contributed by atoms with Gasteiger partial charge in [0.1, 0.15) is 0 Å². The smallest absolute Gasteiger partial charge is 0.338 e. The monoisotopic (exact) mass is 313 g/mol. The number of rotatable bonds is 7. The zero-order valence-corrected chi connectivity index (χ0v) is 12.5. The van der Waals surface area contributed by atoms with E-state index in [-0.39, 0.29) is 0 Å². The van der Waals surface area contributed by atoms with Crippen LogP contribution in [0.1, 0.15) is 43.5 Å². The van der Waals surface area contributed by atoms with Crippen LogP contribution in [0.15, 0.2) is 22.7 Å². The highest BCUT2D eigenvalue weighted by atomic mass is 79.9. The molecular formula is C14H20BrNO2. The number of anilines is 1. The summed E-state index contributed by atoms with van der Waals surface area (Å²) in [7, 11) is 0. The largest absolute Gasteiger partial charge is 0.478 e. The fraction of sp³-hybridized carbons (Fsp3) is 0.500. The van der Waals surface area contributed by atoms with Gasteiger partial charge in [0.05, 0.1) is 5.56 Å². The van der Waals surface area contributed by atoms with Gasteiger partial charge < -0.3 is 10.4 Å². The van der Waals surface area contributed by atoms with Gasteiger partial charge >= 0.3 is 5.97 Å². The maximum absolute atomic E-state index is 11.2. The highest BCUT2D eigenvalue weighted by molar-refractivity contribution is 9.10. The lowest BCUT2D eigenvalue weighted by Crippen LogP contribution is -2.08. The summed E-state index contributed by atoms with van der Waals surface area (Å²) in [6.07, 6.45) is 3.44. The van der Waals surface area contributed by atoms with Crippen LogP contribution in [0.2, 0.25) is 0 Å². The van der Waals surface area contributed by atoms with Crippen molar-refractivity contribution in [3.63, 3.8) is 0 Å². The Kier molecular flexibility index (Phi) is 6.19. The molecular weight excluding hydrogens is 294 g/mol. The van der Waals surface area contributed by atoms with Crippen molar-refractivity contribution in [1.82, 2.24) is 0 Å². The van der Waals surface area contributed by atoms with Gasteiger partial charge in [0, 0.05) is 16.7 Å². The van der Waals surface area contributed by atoms with Crippen LogP contribution in [0.25, 0.3) is 0 Å². The average Bonchev–Trinajstić information content (AvgIpc) is 2.27. The van der Waals surface area contributed by atoms with Crippen molar-refractivity contribution in [2.45, 2.75) is 33.1 Å². The first kappa shape index (κ1) is 15.0. The molecule has 0 bridgehead atoms. The van der Waals surface area contributed by atoms with Gasteiger partial charge in [-0.1, -0.05) is 32.8 Å². The van der Waals surface area contributed by atoms with E-state index < -0.39 is 5.97 Å². The zero-order chi connectivity index (χ0) is 13.5. The predicted molar refractivity (Wildman–Crippen MR) is 78.3 cm³/mol. The van der Waals surface area contributed by atoms with Gasteiger partial charge in [0.15, 0.2) is 0 Å². The molecule has 100 valence electrons. The van der Waals surface area contributed by atoms with Gasteiger partial charge in [0.2, 0.25) is 0 Å². The van der Waals surface area contributed by atoms with E-state index in [1.807, 2.05) is 6.07 Å². The number of unbranched alkanes of at least 4 members (excludes halogenated alkanes) is 1. The summed E-state index contributed by atoms with van der Waals surface area (Å²) in [5.74, 6) is -0.183. The van der Waals surface area contributed by atoms with E-state index in [1.165, 1.54) is 12.8 Å². The van der Waals surface area contributed by atoms with E-state index in [4.69, 9.17) is 5.11 Å². The highest BCUT2D eigenvalue weighted by Gasteiger charge is 2.13. The van der Waals surface area contributed by atoms with Crippen molar-refractivity contribution < 1.29 is 9.90 Å². The fourth-order valence-electron chi connectivity index (χ4n) is 1.79. The fourth-order valence-corrected chi connectivity index (χ4v) is 2.33. The van der Waals surface area contributed by atoms with Crippen LogP contribution in [0.3, 0.4) is 0 Å². The average molecular weight is 314 g/mol. The van der Waals surface area contributed by atoms with Crippen LogP contribution in [-0.4, -0.2) is 17.6 Å². The summed E-state index contributed by atoms with van der Waals surface area (Å²) in [5, 5.41) is 12.4. The Hall–Kier alpha value is -1.03. The molecule has 0 amide bonds. The quantitative estimate of drug-likeness (QED) is 0.734. The van der Waals surface area contributed by atoms with Gasteiger partial charge in [-0.25, -0.2) is 4.79 Å². The molecule has 4 heteroatoms. The SMILES string of the molecule is CC(C)CCCCNc1cccc(Br)c1C(=O)O. The minimum atomic E-state index is -0.910. The molecule has 1 aromatic rings. The van der Waals surface area contributed by atoms with E-state index in [0.29, 0.717) is 15.7 Å². The lowest BCUT2D eigenvalue weighted by molar-refractivity contribution is 0.0697. The first-order valence-electron chi connectivity index (χ1n) is 6.28. The second-order valence-corrected chi connectivity index (χ2v) is 5.64. The number of nitrogens with one attached hydrogen (secondary N) is 1. The van der Waals surface area contributed by atoms with Crippen LogP contribution < -0.4 is 5.32 Å². The number of benzene rings is 1. The zero-order valence-electron chi connectivity index (χ0n) is 10.9. The van der Waals surface area contributed by atoms with Crippen LogP contribution in [0.5, 0.6) is 0 Å². The maximum atomic E-state index is 11.2. The summed E-state index contributed by atoms with van der Waals surface area (Å²) in [6.45, 7) is 5.23. The number of aromatic carboxylic acids is 1. The third-order valence-corrected chi connectivity index (χ3v) is 3.41. The van der Waals surface area contributed by atoms with Crippen molar-refractivity contribution in [2.24, 2.45) is 5.92 Å².